The molecule has 0 bridgehead atoms. The molecule has 3 nitrogen and oxygen atoms in total. The minimum absolute atomic E-state index is 0.0300. The van der Waals surface area contributed by atoms with Crippen molar-refractivity contribution in [3.63, 3.8) is 0 Å². The van der Waals surface area contributed by atoms with Gasteiger partial charge in [0.2, 0.25) is 0 Å². The van der Waals surface area contributed by atoms with Crippen molar-refractivity contribution >= 4 is 11.8 Å². The van der Waals surface area contributed by atoms with Gasteiger partial charge in [-0.2, -0.15) is 0 Å². The van der Waals surface area contributed by atoms with Crippen LogP contribution in [-0.4, -0.2) is 11.8 Å². The summed E-state index contributed by atoms with van der Waals surface area (Å²) >= 11 is 0. The Balaban J connectivity index is 1.59. The first-order valence-electron chi connectivity index (χ1n) is 9.75. The fourth-order valence-electron chi connectivity index (χ4n) is 6.89. The predicted molar refractivity (Wildman–Crippen MR) is 92.0 cm³/mol. The van der Waals surface area contributed by atoms with Gasteiger partial charge in [0.1, 0.15) is 11.5 Å². The first kappa shape index (κ1) is 16.4. The third kappa shape index (κ3) is 2.23. The average Bonchev–Trinajstić information content (AvgIpc) is 2.83. The third-order valence-electron chi connectivity index (χ3n) is 8.27. The van der Waals surface area contributed by atoms with Crippen molar-refractivity contribution in [1.82, 2.24) is 0 Å². The molecule has 0 saturated heterocycles. The lowest BCUT2D eigenvalue weighted by Crippen LogP contribution is -2.52. The van der Waals surface area contributed by atoms with Crippen LogP contribution in [0.15, 0.2) is 11.8 Å². The number of Topliss-reactive ketones (excluding diaryl/α,β-unsaturated/α-hetero) is 1. The number of rotatable bonds is 1. The zero-order valence-electron chi connectivity index (χ0n) is 15.3. The van der Waals surface area contributed by atoms with Gasteiger partial charge >= 0.3 is 5.97 Å². The van der Waals surface area contributed by atoms with Crippen LogP contribution >= 0.6 is 0 Å². The normalized spacial score (nSPS) is 47.3. The van der Waals surface area contributed by atoms with Gasteiger partial charge in [-0.05, 0) is 73.7 Å². The summed E-state index contributed by atoms with van der Waals surface area (Å²) in [5.74, 6) is 3.91. The van der Waals surface area contributed by atoms with Crippen LogP contribution in [0, 0.1) is 34.5 Å². The lowest BCUT2D eigenvalue weighted by molar-refractivity contribution is -0.140. The molecule has 132 valence electrons. The molecule has 4 aliphatic carbocycles. The Morgan fingerprint density at radius 1 is 1.17 bits per heavy atom. The predicted octanol–water partition coefficient (Wildman–Crippen LogP) is 4.66. The lowest BCUT2D eigenvalue weighted by Gasteiger charge is -2.58. The number of allylic oxidation sites excluding steroid dienone is 2. The molecule has 24 heavy (non-hydrogen) atoms. The number of ether oxygens (including phenoxy) is 1. The van der Waals surface area contributed by atoms with Crippen molar-refractivity contribution in [2.75, 3.05) is 0 Å². The zero-order chi connectivity index (χ0) is 17.1. The quantitative estimate of drug-likeness (QED) is 0.657. The van der Waals surface area contributed by atoms with E-state index in [0.717, 1.165) is 49.7 Å². The van der Waals surface area contributed by atoms with E-state index in [2.05, 4.69) is 19.9 Å². The number of hydrogen-bond acceptors (Lipinski definition) is 3. The summed E-state index contributed by atoms with van der Waals surface area (Å²) in [6.45, 7) is 6.21. The van der Waals surface area contributed by atoms with Crippen molar-refractivity contribution in [2.24, 2.45) is 34.5 Å². The van der Waals surface area contributed by atoms with Crippen LogP contribution in [0.3, 0.4) is 0 Å². The molecular weight excluding hydrogens is 300 g/mol. The van der Waals surface area contributed by atoms with Gasteiger partial charge in [-0.25, -0.2) is 0 Å². The van der Waals surface area contributed by atoms with E-state index in [1.54, 1.807) is 0 Å². The van der Waals surface area contributed by atoms with Gasteiger partial charge in [0.15, 0.2) is 0 Å². The van der Waals surface area contributed by atoms with Crippen LogP contribution in [0.5, 0.6) is 0 Å². The van der Waals surface area contributed by atoms with Crippen LogP contribution in [0.2, 0.25) is 0 Å². The largest absolute Gasteiger partial charge is 0.432 e. The molecule has 0 aromatic carbocycles. The maximum Gasteiger partial charge on any atom is 0.307 e. The molecule has 6 atom stereocenters. The first-order valence-corrected chi connectivity index (χ1v) is 9.75. The Morgan fingerprint density at radius 3 is 2.71 bits per heavy atom. The molecule has 0 aromatic heterocycles. The molecule has 3 saturated carbocycles. The molecule has 0 N–H and O–H groups in total. The van der Waals surface area contributed by atoms with E-state index in [-0.39, 0.29) is 11.4 Å². The third-order valence-corrected chi connectivity index (χ3v) is 8.27. The molecule has 4 rings (SSSR count). The van der Waals surface area contributed by atoms with Crippen LogP contribution in [0.25, 0.3) is 0 Å². The van der Waals surface area contributed by atoms with E-state index in [1.807, 2.05) is 0 Å². The zero-order valence-corrected chi connectivity index (χ0v) is 15.3. The molecule has 4 aliphatic rings. The van der Waals surface area contributed by atoms with Crippen molar-refractivity contribution in [3.8, 4) is 0 Å². The summed E-state index contributed by atoms with van der Waals surface area (Å²) in [6, 6.07) is 0. The second-order valence-corrected chi connectivity index (χ2v) is 9.25. The molecule has 0 heterocycles. The maximum absolute atomic E-state index is 12.5. The number of ketones is 1. The number of esters is 1. The Kier molecular flexibility index (Phi) is 3.71. The highest BCUT2D eigenvalue weighted by atomic mass is 16.5. The van der Waals surface area contributed by atoms with Crippen molar-refractivity contribution in [2.45, 2.75) is 72.1 Å². The van der Waals surface area contributed by atoms with Gasteiger partial charge in [0.25, 0.3) is 0 Å². The van der Waals surface area contributed by atoms with Crippen molar-refractivity contribution in [1.29, 1.82) is 0 Å². The fraction of sp³-hybridized carbons (Fsp3) is 0.810. The van der Waals surface area contributed by atoms with E-state index in [4.69, 9.17) is 4.74 Å². The Hall–Kier alpha value is -1.12. The number of hydrogen-bond donors (Lipinski definition) is 0. The Labute approximate surface area is 145 Å². The molecule has 0 amide bonds. The summed E-state index contributed by atoms with van der Waals surface area (Å²) < 4.78 is 5.40. The summed E-state index contributed by atoms with van der Waals surface area (Å²) in [7, 11) is 0. The van der Waals surface area contributed by atoms with E-state index in [9.17, 15) is 9.59 Å². The Bertz CT molecular complexity index is 606. The molecule has 3 heteroatoms. The van der Waals surface area contributed by atoms with Gasteiger partial charge < -0.3 is 4.74 Å². The second kappa shape index (κ2) is 5.44. The highest BCUT2D eigenvalue weighted by Crippen LogP contribution is 2.65. The minimum atomic E-state index is -0.198. The number of carbonyl (C=O) groups excluding carboxylic acids is 2. The maximum atomic E-state index is 12.5. The van der Waals surface area contributed by atoms with Crippen molar-refractivity contribution < 1.29 is 14.3 Å². The van der Waals surface area contributed by atoms with E-state index in [1.165, 1.54) is 26.2 Å². The second-order valence-electron chi connectivity index (χ2n) is 9.25. The molecule has 3 fully saturated rings. The molecule has 0 aliphatic heterocycles. The SMILES string of the molecule is CC(=O)OC1=CCC2(C)C(CCC3C4CCC(=O)C4(C)CCC32)C1. The Morgan fingerprint density at radius 2 is 1.96 bits per heavy atom. The molecule has 0 radical (unpaired) electrons. The smallest absolute Gasteiger partial charge is 0.307 e. The van der Waals surface area contributed by atoms with Crippen LogP contribution < -0.4 is 0 Å². The van der Waals surface area contributed by atoms with E-state index >= 15 is 0 Å². The topological polar surface area (TPSA) is 43.4 Å². The van der Waals surface area contributed by atoms with Gasteiger partial charge in [-0.3, -0.25) is 9.59 Å². The summed E-state index contributed by atoms with van der Waals surface area (Å²) in [5, 5.41) is 0. The van der Waals surface area contributed by atoms with Crippen LogP contribution in [0.1, 0.15) is 72.1 Å². The van der Waals surface area contributed by atoms with Gasteiger partial charge in [-0.15, -0.1) is 0 Å². The first-order chi connectivity index (χ1) is 11.3. The summed E-state index contributed by atoms with van der Waals surface area (Å²) in [4.78, 5) is 23.7. The van der Waals surface area contributed by atoms with Crippen LogP contribution in [-0.2, 0) is 14.3 Å². The molecular formula is C21H30O3. The minimum Gasteiger partial charge on any atom is -0.432 e. The summed E-state index contributed by atoms with van der Waals surface area (Å²) in [5.41, 5.74) is 0.289. The van der Waals surface area contributed by atoms with E-state index < -0.39 is 0 Å². The standard InChI is InChI=1S/C21H30O3/c1-13(22)24-15-8-10-20(2)14(12-15)4-5-16-17-6-7-19(23)21(17,3)11-9-18(16)20/h8,14,16-18H,4-7,9-12H2,1-3H3. The summed E-state index contributed by atoms with van der Waals surface area (Å²) in [6.07, 6.45) is 10.8. The lowest BCUT2D eigenvalue weighted by atomic mass is 9.46. The average molecular weight is 330 g/mol. The fourth-order valence-corrected chi connectivity index (χ4v) is 6.89. The highest BCUT2D eigenvalue weighted by Gasteiger charge is 2.59. The van der Waals surface area contributed by atoms with Crippen molar-refractivity contribution in [3.05, 3.63) is 11.8 Å². The highest BCUT2D eigenvalue weighted by molar-refractivity contribution is 5.87. The van der Waals surface area contributed by atoms with Crippen LogP contribution in [0.4, 0.5) is 0 Å². The molecule has 0 aromatic rings. The number of carbonyl (C=O) groups is 2. The van der Waals surface area contributed by atoms with Gasteiger partial charge in [-0.1, -0.05) is 13.8 Å². The van der Waals surface area contributed by atoms with E-state index in [0.29, 0.717) is 23.0 Å². The molecule has 0 spiro atoms. The number of fused-ring (bicyclic) bond motifs is 5. The van der Waals surface area contributed by atoms with Gasteiger partial charge in [0, 0.05) is 25.2 Å². The van der Waals surface area contributed by atoms with Gasteiger partial charge in [0.05, 0.1) is 0 Å². The monoisotopic (exact) mass is 330 g/mol. The molecule has 6 unspecified atom stereocenters.